The Hall–Kier alpha value is -1.08. The van der Waals surface area contributed by atoms with Crippen LogP contribution in [0.25, 0.3) is 5.57 Å². The molecule has 4 aliphatic carbocycles. The largest absolute Gasteiger partial charge is 0.393 e. The number of hydrogen-bond acceptors (Lipinski definition) is 1. The van der Waals surface area contributed by atoms with Gasteiger partial charge in [0.25, 0.3) is 0 Å². The molecule has 7 atom stereocenters. The minimum absolute atomic E-state index is 0.0464. The first kappa shape index (κ1) is 17.0. The Kier molecular flexibility index (Phi) is 3.91. The standard InChI is InChI=1S/C25H34O/c1-24-14-12-18(17-6-4-3-5-7-17)16-19(24)8-9-20-21-10-11-23(26)25(21,2)15-13-22(20)24/h3-7,12,19-23,26H,8-11,13-16H2,1-2H3/t19-,20+,21+,22+,23-,24-,25-/m0/s1. The summed E-state index contributed by atoms with van der Waals surface area (Å²) in [5, 5.41) is 10.6. The molecule has 0 saturated heterocycles. The van der Waals surface area contributed by atoms with E-state index in [4.69, 9.17) is 0 Å². The smallest absolute Gasteiger partial charge is 0.0596 e. The normalized spacial score (nSPS) is 47.5. The van der Waals surface area contributed by atoms with E-state index in [-0.39, 0.29) is 11.5 Å². The molecule has 0 bridgehead atoms. The molecule has 0 radical (unpaired) electrons. The Morgan fingerprint density at radius 2 is 1.65 bits per heavy atom. The average Bonchev–Trinajstić information content (AvgIpc) is 2.97. The molecule has 1 aromatic carbocycles. The highest BCUT2D eigenvalue weighted by Crippen LogP contribution is 2.66. The van der Waals surface area contributed by atoms with Gasteiger partial charge >= 0.3 is 0 Å². The predicted molar refractivity (Wildman–Crippen MR) is 108 cm³/mol. The van der Waals surface area contributed by atoms with E-state index in [1.54, 1.807) is 5.57 Å². The first-order valence-corrected chi connectivity index (χ1v) is 10.9. The Morgan fingerprint density at radius 1 is 0.885 bits per heavy atom. The number of allylic oxidation sites excluding steroid dienone is 2. The minimum atomic E-state index is -0.0464. The van der Waals surface area contributed by atoms with Crippen LogP contribution in [-0.4, -0.2) is 11.2 Å². The highest BCUT2D eigenvalue weighted by Gasteiger charge is 2.59. The van der Waals surface area contributed by atoms with Crippen molar-refractivity contribution in [2.24, 2.45) is 34.5 Å². The molecule has 4 aliphatic rings. The molecule has 0 aliphatic heterocycles. The van der Waals surface area contributed by atoms with Crippen LogP contribution in [0.5, 0.6) is 0 Å². The van der Waals surface area contributed by atoms with E-state index in [0.717, 1.165) is 30.1 Å². The predicted octanol–water partition coefficient (Wildman–Crippen LogP) is 6.08. The van der Waals surface area contributed by atoms with Gasteiger partial charge in [-0.3, -0.25) is 0 Å². The van der Waals surface area contributed by atoms with Gasteiger partial charge in [-0.1, -0.05) is 50.3 Å². The molecule has 3 saturated carbocycles. The van der Waals surface area contributed by atoms with Crippen molar-refractivity contribution < 1.29 is 5.11 Å². The summed E-state index contributed by atoms with van der Waals surface area (Å²) in [5.74, 6) is 3.35. The lowest BCUT2D eigenvalue weighted by molar-refractivity contribution is -0.108. The zero-order chi connectivity index (χ0) is 17.9. The Balaban J connectivity index is 1.43. The highest BCUT2D eigenvalue weighted by molar-refractivity contribution is 5.66. The summed E-state index contributed by atoms with van der Waals surface area (Å²) in [7, 11) is 0. The van der Waals surface area contributed by atoms with Gasteiger partial charge in [-0.05, 0) is 97.0 Å². The highest BCUT2D eigenvalue weighted by atomic mass is 16.3. The van der Waals surface area contributed by atoms with E-state index >= 15 is 0 Å². The molecule has 26 heavy (non-hydrogen) atoms. The summed E-state index contributed by atoms with van der Waals surface area (Å²) in [5.41, 5.74) is 3.72. The van der Waals surface area contributed by atoms with E-state index < -0.39 is 0 Å². The number of fused-ring (bicyclic) bond motifs is 5. The second-order valence-corrected chi connectivity index (χ2v) is 10.3. The molecule has 140 valence electrons. The number of aliphatic hydroxyl groups excluding tert-OH is 1. The van der Waals surface area contributed by atoms with Gasteiger partial charge in [0.05, 0.1) is 6.10 Å². The van der Waals surface area contributed by atoms with Gasteiger partial charge in [-0.2, -0.15) is 0 Å². The van der Waals surface area contributed by atoms with Crippen molar-refractivity contribution in [1.29, 1.82) is 0 Å². The van der Waals surface area contributed by atoms with Crippen molar-refractivity contribution in [3.05, 3.63) is 42.0 Å². The molecule has 1 N–H and O–H groups in total. The third kappa shape index (κ3) is 2.32. The maximum Gasteiger partial charge on any atom is 0.0596 e. The van der Waals surface area contributed by atoms with Crippen LogP contribution in [0.4, 0.5) is 0 Å². The van der Waals surface area contributed by atoms with Crippen LogP contribution in [0.1, 0.15) is 70.8 Å². The van der Waals surface area contributed by atoms with E-state index in [9.17, 15) is 5.11 Å². The van der Waals surface area contributed by atoms with Crippen LogP contribution in [0.2, 0.25) is 0 Å². The molecule has 3 fully saturated rings. The molecule has 0 spiro atoms. The Morgan fingerprint density at radius 3 is 2.46 bits per heavy atom. The van der Waals surface area contributed by atoms with Crippen molar-refractivity contribution >= 4 is 5.57 Å². The number of benzene rings is 1. The van der Waals surface area contributed by atoms with Crippen molar-refractivity contribution in [3.63, 3.8) is 0 Å². The first-order valence-electron chi connectivity index (χ1n) is 10.9. The number of hydrogen-bond donors (Lipinski definition) is 1. The first-order chi connectivity index (χ1) is 12.5. The molecule has 0 heterocycles. The molecule has 0 amide bonds. The lowest BCUT2D eigenvalue weighted by Gasteiger charge is -2.59. The molecule has 0 aromatic heterocycles. The maximum absolute atomic E-state index is 10.6. The van der Waals surface area contributed by atoms with Gasteiger partial charge in [0.1, 0.15) is 0 Å². The SMILES string of the molecule is C[C@]12CC=C(c3ccccc3)C[C@@H]1CC[C@H]1[C@H]2CC[C@@]2(C)[C@@H]1CC[C@@H]2O. The second-order valence-electron chi connectivity index (χ2n) is 10.3. The van der Waals surface area contributed by atoms with Crippen LogP contribution >= 0.6 is 0 Å². The Bertz CT molecular complexity index is 706. The molecular formula is C25H34O. The van der Waals surface area contributed by atoms with E-state index in [2.05, 4.69) is 50.3 Å². The van der Waals surface area contributed by atoms with E-state index in [1.807, 2.05) is 0 Å². The van der Waals surface area contributed by atoms with Crippen LogP contribution in [0.3, 0.4) is 0 Å². The van der Waals surface area contributed by atoms with Gasteiger partial charge in [0, 0.05) is 0 Å². The van der Waals surface area contributed by atoms with Crippen molar-refractivity contribution in [1.82, 2.24) is 0 Å². The lowest BCUT2D eigenvalue weighted by atomic mass is 9.45. The summed E-state index contributed by atoms with van der Waals surface area (Å²) < 4.78 is 0. The third-order valence-corrected chi connectivity index (χ3v) is 9.41. The molecule has 5 rings (SSSR count). The minimum Gasteiger partial charge on any atom is -0.393 e. The van der Waals surface area contributed by atoms with Crippen LogP contribution in [-0.2, 0) is 0 Å². The lowest BCUT2D eigenvalue weighted by Crippen LogP contribution is -2.53. The zero-order valence-electron chi connectivity index (χ0n) is 16.5. The summed E-state index contributed by atoms with van der Waals surface area (Å²) in [6.45, 7) is 5.01. The zero-order valence-corrected chi connectivity index (χ0v) is 16.5. The molecule has 1 heteroatoms. The quantitative estimate of drug-likeness (QED) is 0.650. The second kappa shape index (κ2) is 5.96. The van der Waals surface area contributed by atoms with Crippen molar-refractivity contribution in [3.8, 4) is 0 Å². The molecule has 1 nitrogen and oxygen atoms in total. The molecule has 0 unspecified atom stereocenters. The maximum atomic E-state index is 10.6. The van der Waals surface area contributed by atoms with Crippen molar-refractivity contribution in [2.75, 3.05) is 0 Å². The summed E-state index contributed by atoms with van der Waals surface area (Å²) in [6.07, 6.45) is 12.8. The fourth-order valence-electron chi connectivity index (χ4n) is 7.74. The monoisotopic (exact) mass is 350 g/mol. The molecule has 1 aromatic rings. The van der Waals surface area contributed by atoms with E-state index in [1.165, 1.54) is 50.5 Å². The van der Waals surface area contributed by atoms with Crippen LogP contribution < -0.4 is 0 Å². The Labute approximate surface area is 158 Å². The average molecular weight is 351 g/mol. The summed E-state index contributed by atoms with van der Waals surface area (Å²) in [4.78, 5) is 0. The number of aliphatic hydroxyl groups is 1. The summed E-state index contributed by atoms with van der Waals surface area (Å²) in [6, 6.07) is 11.0. The topological polar surface area (TPSA) is 20.2 Å². The van der Waals surface area contributed by atoms with Gasteiger partial charge < -0.3 is 5.11 Å². The fourth-order valence-corrected chi connectivity index (χ4v) is 7.74. The van der Waals surface area contributed by atoms with Crippen LogP contribution in [0, 0.1) is 34.5 Å². The van der Waals surface area contributed by atoms with Gasteiger partial charge in [-0.25, -0.2) is 0 Å². The van der Waals surface area contributed by atoms with Gasteiger partial charge in [-0.15, -0.1) is 0 Å². The van der Waals surface area contributed by atoms with Gasteiger partial charge in [0.15, 0.2) is 0 Å². The summed E-state index contributed by atoms with van der Waals surface area (Å²) >= 11 is 0. The van der Waals surface area contributed by atoms with Gasteiger partial charge in [0.2, 0.25) is 0 Å². The fraction of sp³-hybridized carbons (Fsp3) is 0.680. The van der Waals surface area contributed by atoms with Crippen LogP contribution in [0.15, 0.2) is 36.4 Å². The molecular weight excluding hydrogens is 316 g/mol. The van der Waals surface area contributed by atoms with Crippen molar-refractivity contribution in [2.45, 2.75) is 71.3 Å². The number of rotatable bonds is 1. The van der Waals surface area contributed by atoms with E-state index in [0.29, 0.717) is 5.41 Å². The third-order valence-electron chi connectivity index (χ3n) is 9.41.